The molecular weight excluding hydrogens is 543 g/mol. The Morgan fingerprint density at radius 1 is 0.947 bits per heavy atom. The van der Waals surface area contributed by atoms with Crippen LogP contribution in [0.2, 0.25) is 10.0 Å². The van der Waals surface area contributed by atoms with Crippen molar-refractivity contribution in [3.05, 3.63) is 76.3 Å². The normalized spacial score (nSPS) is 20.0. The standard InChI is InChI=1S/C29H30Cl2N2O4S/c1-32-26(19-10-5-3-6-11-19)18-33(20-12-7-4-8-13-20)25-17-24(30)23(16-27(25)38(32,35)36)21-14-9-15-22(28(21)31)29(34)37-2/h4,7-9,12-17,19,26H,3,5-6,10-11,18H2,1-2H3/t26-/m0/s1. The van der Waals surface area contributed by atoms with Gasteiger partial charge >= 0.3 is 5.97 Å². The summed E-state index contributed by atoms with van der Waals surface area (Å²) >= 11 is 13.5. The number of para-hydroxylation sites is 1. The zero-order chi connectivity index (χ0) is 27.0. The number of methoxy groups -OCH3 is 1. The summed E-state index contributed by atoms with van der Waals surface area (Å²) in [6.45, 7) is 0.520. The molecule has 0 radical (unpaired) electrons. The van der Waals surface area contributed by atoms with Crippen LogP contribution in [0.25, 0.3) is 11.1 Å². The minimum Gasteiger partial charge on any atom is -0.465 e. The highest BCUT2D eigenvalue weighted by Gasteiger charge is 2.41. The van der Waals surface area contributed by atoms with Crippen molar-refractivity contribution in [1.82, 2.24) is 4.31 Å². The zero-order valence-corrected chi connectivity index (χ0v) is 23.7. The number of rotatable bonds is 4. The van der Waals surface area contributed by atoms with Gasteiger partial charge in [-0.15, -0.1) is 0 Å². The number of esters is 1. The Hall–Kier alpha value is -2.58. The highest BCUT2D eigenvalue weighted by Crippen LogP contribution is 2.45. The van der Waals surface area contributed by atoms with Gasteiger partial charge in [-0.2, -0.15) is 4.31 Å². The van der Waals surface area contributed by atoms with Crippen LogP contribution in [0.4, 0.5) is 11.4 Å². The lowest BCUT2D eigenvalue weighted by Crippen LogP contribution is -2.46. The lowest BCUT2D eigenvalue weighted by atomic mass is 9.83. The molecule has 3 aromatic carbocycles. The van der Waals surface area contributed by atoms with Crippen molar-refractivity contribution in [2.45, 2.75) is 43.0 Å². The number of anilines is 2. The van der Waals surface area contributed by atoms with Crippen LogP contribution >= 0.6 is 23.2 Å². The quantitative estimate of drug-likeness (QED) is 0.310. The minimum atomic E-state index is -3.89. The molecule has 1 aliphatic carbocycles. The topological polar surface area (TPSA) is 66.9 Å². The predicted molar refractivity (Wildman–Crippen MR) is 152 cm³/mol. The molecule has 5 rings (SSSR count). The average molecular weight is 574 g/mol. The Balaban J connectivity index is 1.72. The number of halogens is 2. The van der Waals surface area contributed by atoms with Gasteiger partial charge < -0.3 is 9.64 Å². The summed E-state index contributed by atoms with van der Waals surface area (Å²) in [6, 6.07) is 17.9. The second-order valence-corrected chi connectivity index (χ2v) is 12.6. The number of likely N-dealkylation sites (N-methyl/N-ethyl adjacent to an activating group) is 1. The molecule has 1 heterocycles. The molecule has 1 aliphatic heterocycles. The van der Waals surface area contributed by atoms with E-state index in [9.17, 15) is 13.2 Å². The first-order valence-electron chi connectivity index (χ1n) is 12.8. The van der Waals surface area contributed by atoms with Crippen molar-refractivity contribution < 1.29 is 17.9 Å². The number of fused-ring (bicyclic) bond motifs is 1. The molecule has 0 amide bonds. The number of hydrogen-bond donors (Lipinski definition) is 0. The van der Waals surface area contributed by atoms with Crippen molar-refractivity contribution in [2.75, 3.05) is 25.6 Å². The van der Waals surface area contributed by atoms with Gasteiger partial charge in [-0.25, -0.2) is 13.2 Å². The van der Waals surface area contributed by atoms with Crippen LogP contribution in [0, 0.1) is 5.92 Å². The molecule has 0 saturated heterocycles. The second-order valence-electron chi connectivity index (χ2n) is 9.89. The first kappa shape index (κ1) is 27.0. The first-order chi connectivity index (χ1) is 18.2. The van der Waals surface area contributed by atoms with Crippen LogP contribution in [-0.2, 0) is 14.8 Å². The maximum absolute atomic E-state index is 14.2. The zero-order valence-electron chi connectivity index (χ0n) is 21.4. The van der Waals surface area contributed by atoms with Gasteiger partial charge in [0.05, 0.1) is 28.4 Å². The van der Waals surface area contributed by atoms with Gasteiger partial charge in [0.15, 0.2) is 0 Å². The molecule has 0 aromatic heterocycles. The van der Waals surface area contributed by atoms with Crippen LogP contribution in [0.1, 0.15) is 42.5 Å². The fourth-order valence-electron chi connectivity index (χ4n) is 5.73. The SMILES string of the molecule is COC(=O)c1cccc(-c2cc3c(cc2Cl)N(c2ccccc2)C[C@@H](C2CCCCC2)N(C)S3(=O)=O)c1Cl. The summed E-state index contributed by atoms with van der Waals surface area (Å²) in [6.07, 6.45) is 5.42. The predicted octanol–water partition coefficient (Wildman–Crippen LogP) is 7.17. The van der Waals surface area contributed by atoms with E-state index >= 15 is 0 Å². The molecular formula is C29H30Cl2N2O4S. The Bertz CT molecular complexity index is 1460. The van der Waals surface area contributed by atoms with Crippen LogP contribution in [0.3, 0.4) is 0 Å². The highest BCUT2D eigenvalue weighted by molar-refractivity contribution is 7.89. The van der Waals surface area contributed by atoms with Gasteiger partial charge in [-0.05, 0) is 49.1 Å². The average Bonchev–Trinajstić information content (AvgIpc) is 3.01. The van der Waals surface area contributed by atoms with Crippen LogP contribution in [0.5, 0.6) is 0 Å². The Morgan fingerprint density at radius 3 is 2.34 bits per heavy atom. The summed E-state index contributed by atoms with van der Waals surface area (Å²) < 4.78 is 34.8. The van der Waals surface area contributed by atoms with E-state index in [0.717, 1.165) is 31.4 Å². The summed E-state index contributed by atoms with van der Waals surface area (Å²) in [4.78, 5) is 14.5. The van der Waals surface area contributed by atoms with E-state index in [0.29, 0.717) is 28.4 Å². The minimum absolute atomic E-state index is 0.153. The van der Waals surface area contributed by atoms with Crippen molar-refractivity contribution in [1.29, 1.82) is 0 Å². The number of sulfonamides is 1. The number of nitrogens with zero attached hydrogens (tertiary/aromatic N) is 2. The van der Waals surface area contributed by atoms with Gasteiger partial charge in [0.1, 0.15) is 4.90 Å². The number of hydrogen-bond acceptors (Lipinski definition) is 5. The van der Waals surface area contributed by atoms with Crippen molar-refractivity contribution >= 4 is 50.6 Å². The lowest BCUT2D eigenvalue weighted by Gasteiger charge is -2.36. The summed E-state index contributed by atoms with van der Waals surface area (Å²) in [5, 5.41) is 0.489. The molecule has 0 unspecified atom stereocenters. The van der Waals surface area contributed by atoms with E-state index in [1.165, 1.54) is 13.5 Å². The third kappa shape index (κ3) is 4.81. The van der Waals surface area contributed by atoms with Gasteiger partial charge in [-0.3, -0.25) is 0 Å². The fraction of sp³-hybridized carbons (Fsp3) is 0.345. The first-order valence-corrected chi connectivity index (χ1v) is 14.9. The Morgan fingerprint density at radius 2 is 1.66 bits per heavy atom. The van der Waals surface area contributed by atoms with Gasteiger partial charge in [-0.1, -0.05) is 72.8 Å². The number of benzene rings is 3. The molecule has 38 heavy (non-hydrogen) atoms. The maximum Gasteiger partial charge on any atom is 0.339 e. The van der Waals surface area contributed by atoms with E-state index in [-0.39, 0.29) is 27.4 Å². The Kier molecular flexibility index (Phi) is 7.74. The third-order valence-corrected chi connectivity index (χ3v) is 10.4. The molecule has 200 valence electrons. The van der Waals surface area contributed by atoms with Crippen molar-refractivity contribution in [2.24, 2.45) is 5.92 Å². The van der Waals surface area contributed by atoms with E-state index < -0.39 is 16.0 Å². The van der Waals surface area contributed by atoms with Gasteiger partial charge in [0.2, 0.25) is 10.0 Å². The summed E-state index contributed by atoms with van der Waals surface area (Å²) in [5.74, 6) is -0.314. The molecule has 0 bridgehead atoms. The molecule has 9 heteroatoms. The fourth-order valence-corrected chi connectivity index (χ4v) is 7.90. The van der Waals surface area contributed by atoms with Crippen LogP contribution in [-0.4, -0.2) is 45.4 Å². The van der Waals surface area contributed by atoms with Gasteiger partial charge in [0.25, 0.3) is 0 Å². The largest absolute Gasteiger partial charge is 0.465 e. The van der Waals surface area contributed by atoms with E-state index in [1.807, 2.05) is 30.3 Å². The number of carbonyl (C=O) groups excluding carboxylic acids is 1. The molecule has 2 aliphatic rings. The molecule has 1 atom stereocenters. The molecule has 0 N–H and O–H groups in total. The van der Waals surface area contributed by atoms with E-state index in [2.05, 4.69) is 4.90 Å². The third-order valence-electron chi connectivity index (χ3n) is 7.79. The second kappa shape index (κ2) is 10.9. The monoisotopic (exact) mass is 572 g/mol. The van der Waals surface area contributed by atoms with Crippen molar-refractivity contribution in [3.8, 4) is 11.1 Å². The molecule has 1 fully saturated rings. The maximum atomic E-state index is 14.2. The van der Waals surface area contributed by atoms with Crippen LogP contribution < -0.4 is 4.90 Å². The smallest absolute Gasteiger partial charge is 0.339 e. The number of ether oxygens (including phenoxy) is 1. The van der Waals surface area contributed by atoms with E-state index in [4.69, 9.17) is 27.9 Å². The molecule has 3 aromatic rings. The molecule has 0 spiro atoms. The summed E-state index contributed by atoms with van der Waals surface area (Å²) in [7, 11) is -0.921. The molecule has 6 nitrogen and oxygen atoms in total. The molecule has 1 saturated carbocycles. The van der Waals surface area contributed by atoms with E-state index in [1.54, 1.807) is 41.7 Å². The van der Waals surface area contributed by atoms with Crippen LogP contribution in [0.15, 0.2) is 65.6 Å². The lowest BCUT2D eigenvalue weighted by molar-refractivity contribution is 0.0601. The highest BCUT2D eigenvalue weighted by atomic mass is 35.5. The van der Waals surface area contributed by atoms with Gasteiger partial charge in [0, 0.05) is 36.4 Å². The summed E-state index contributed by atoms with van der Waals surface area (Å²) in [5.41, 5.74) is 2.49. The van der Waals surface area contributed by atoms with Crippen molar-refractivity contribution in [3.63, 3.8) is 0 Å². The Labute approximate surface area is 234 Å². The number of carbonyl (C=O) groups is 1.